The van der Waals surface area contributed by atoms with Gasteiger partial charge in [-0.2, -0.15) is 0 Å². The Morgan fingerprint density at radius 1 is 1.37 bits per heavy atom. The Balaban J connectivity index is 1.72. The SMILES string of the molecule is C=C(CNC1CC1)CN(C)Cc1ccc(OC)cc1. The average molecular weight is 260 g/mol. The van der Waals surface area contributed by atoms with Gasteiger partial charge < -0.3 is 10.1 Å². The Morgan fingerprint density at radius 2 is 2.05 bits per heavy atom. The molecule has 0 amide bonds. The molecule has 0 spiro atoms. The lowest BCUT2D eigenvalue weighted by Gasteiger charge is -2.18. The van der Waals surface area contributed by atoms with Crippen LogP contribution in [0.1, 0.15) is 18.4 Å². The fraction of sp³-hybridized carbons (Fsp3) is 0.500. The molecule has 1 saturated carbocycles. The molecule has 1 N–H and O–H groups in total. The second-order valence-electron chi connectivity index (χ2n) is 5.43. The molecular formula is C16H24N2O. The van der Waals surface area contributed by atoms with Crippen molar-refractivity contribution in [1.29, 1.82) is 0 Å². The number of hydrogen-bond acceptors (Lipinski definition) is 3. The molecular weight excluding hydrogens is 236 g/mol. The first-order chi connectivity index (χ1) is 9.17. The van der Waals surface area contributed by atoms with Crippen molar-refractivity contribution in [3.63, 3.8) is 0 Å². The average Bonchev–Trinajstić information content (AvgIpc) is 3.21. The summed E-state index contributed by atoms with van der Waals surface area (Å²) in [6.45, 7) is 6.95. The molecule has 1 aromatic rings. The van der Waals surface area contributed by atoms with Crippen molar-refractivity contribution in [3.05, 3.63) is 42.0 Å². The lowest BCUT2D eigenvalue weighted by atomic mass is 10.2. The van der Waals surface area contributed by atoms with Crippen LogP contribution in [0.15, 0.2) is 36.4 Å². The molecule has 0 aromatic heterocycles. The molecule has 3 nitrogen and oxygen atoms in total. The minimum Gasteiger partial charge on any atom is -0.497 e. The Morgan fingerprint density at radius 3 is 2.63 bits per heavy atom. The van der Waals surface area contributed by atoms with Gasteiger partial charge in [-0.1, -0.05) is 18.7 Å². The monoisotopic (exact) mass is 260 g/mol. The normalized spacial score (nSPS) is 14.7. The molecule has 0 saturated heterocycles. The number of methoxy groups -OCH3 is 1. The van der Waals surface area contributed by atoms with Crippen molar-refractivity contribution in [1.82, 2.24) is 10.2 Å². The summed E-state index contributed by atoms with van der Waals surface area (Å²) in [4.78, 5) is 2.29. The predicted molar refractivity (Wildman–Crippen MR) is 79.5 cm³/mol. The Hall–Kier alpha value is -1.32. The summed E-state index contributed by atoms with van der Waals surface area (Å²) in [6, 6.07) is 8.99. The molecule has 1 aliphatic rings. The predicted octanol–water partition coefficient (Wildman–Crippen LogP) is 2.44. The molecule has 0 unspecified atom stereocenters. The van der Waals surface area contributed by atoms with Gasteiger partial charge in [0.2, 0.25) is 0 Å². The van der Waals surface area contributed by atoms with Crippen LogP contribution in [0, 0.1) is 0 Å². The van der Waals surface area contributed by atoms with Crippen LogP contribution < -0.4 is 10.1 Å². The van der Waals surface area contributed by atoms with Crippen LogP contribution in [0.2, 0.25) is 0 Å². The molecule has 2 rings (SSSR count). The van der Waals surface area contributed by atoms with Crippen molar-refractivity contribution in [2.75, 3.05) is 27.2 Å². The van der Waals surface area contributed by atoms with E-state index in [1.165, 1.54) is 24.0 Å². The Kier molecular flexibility index (Phi) is 5.00. The van der Waals surface area contributed by atoms with E-state index in [4.69, 9.17) is 4.74 Å². The Bertz CT molecular complexity index is 409. The highest BCUT2D eigenvalue weighted by atomic mass is 16.5. The van der Waals surface area contributed by atoms with Crippen LogP contribution in [-0.4, -0.2) is 38.2 Å². The van der Waals surface area contributed by atoms with E-state index >= 15 is 0 Å². The highest BCUT2D eigenvalue weighted by Crippen LogP contribution is 2.18. The second kappa shape index (κ2) is 6.73. The van der Waals surface area contributed by atoms with Gasteiger partial charge in [-0.15, -0.1) is 0 Å². The van der Waals surface area contributed by atoms with Crippen molar-refractivity contribution in [2.24, 2.45) is 0 Å². The molecule has 1 aliphatic carbocycles. The molecule has 0 heterocycles. The first kappa shape index (κ1) is 14.1. The summed E-state index contributed by atoms with van der Waals surface area (Å²) in [6.07, 6.45) is 2.66. The number of nitrogens with zero attached hydrogens (tertiary/aromatic N) is 1. The lowest BCUT2D eigenvalue weighted by molar-refractivity contribution is 0.351. The highest BCUT2D eigenvalue weighted by molar-refractivity contribution is 5.27. The van der Waals surface area contributed by atoms with Gasteiger partial charge in [0.25, 0.3) is 0 Å². The van der Waals surface area contributed by atoms with E-state index in [1.54, 1.807) is 7.11 Å². The van der Waals surface area contributed by atoms with Gasteiger partial charge in [-0.05, 0) is 43.2 Å². The van der Waals surface area contributed by atoms with E-state index in [0.29, 0.717) is 0 Å². The number of benzene rings is 1. The number of rotatable bonds is 8. The van der Waals surface area contributed by atoms with Crippen molar-refractivity contribution in [3.8, 4) is 5.75 Å². The van der Waals surface area contributed by atoms with E-state index in [2.05, 4.69) is 36.0 Å². The second-order valence-corrected chi connectivity index (χ2v) is 5.43. The van der Waals surface area contributed by atoms with Gasteiger partial charge in [-0.25, -0.2) is 0 Å². The van der Waals surface area contributed by atoms with Gasteiger partial charge in [0.05, 0.1) is 7.11 Å². The van der Waals surface area contributed by atoms with Crippen molar-refractivity contribution in [2.45, 2.75) is 25.4 Å². The third kappa shape index (κ3) is 5.05. The number of nitrogens with one attached hydrogen (secondary N) is 1. The van der Waals surface area contributed by atoms with Crippen LogP contribution in [0.5, 0.6) is 5.75 Å². The van der Waals surface area contributed by atoms with Crippen LogP contribution in [0.25, 0.3) is 0 Å². The van der Waals surface area contributed by atoms with E-state index in [1.807, 2.05) is 12.1 Å². The zero-order valence-electron chi connectivity index (χ0n) is 12.0. The van der Waals surface area contributed by atoms with E-state index in [9.17, 15) is 0 Å². The first-order valence-corrected chi connectivity index (χ1v) is 6.89. The van der Waals surface area contributed by atoms with E-state index in [0.717, 1.165) is 31.4 Å². The topological polar surface area (TPSA) is 24.5 Å². The third-order valence-corrected chi connectivity index (χ3v) is 3.32. The highest BCUT2D eigenvalue weighted by Gasteiger charge is 2.20. The maximum absolute atomic E-state index is 5.16. The maximum Gasteiger partial charge on any atom is 0.118 e. The molecule has 104 valence electrons. The van der Waals surface area contributed by atoms with Crippen molar-refractivity contribution >= 4 is 0 Å². The van der Waals surface area contributed by atoms with Crippen LogP contribution in [0.3, 0.4) is 0 Å². The van der Waals surface area contributed by atoms with Crippen molar-refractivity contribution < 1.29 is 4.74 Å². The van der Waals surface area contributed by atoms with Crippen LogP contribution in [0.4, 0.5) is 0 Å². The molecule has 1 fully saturated rings. The number of likely N-dealkylation sites (N-methyl/N-ethyl adjacent to an activating group) is 1. The minimum absolute atomic E-state index is 0.753. The van der Waals surface area contributed by atoms with Crippen LogP contribution >= 0.6 is 0 Å². The van der Waals surface area contributed by atoms with Gasteiger partial charge in [0, 0.05) is 25.7 Å². The number of ether oxygens (including phenoxy) is 1. The molecule has 0 aliphatic heterocycles. The standard InChI is InChI=1S/C16H24N2O/c1-13(10-17-15-6-7-15)11-18(2)12-14-4-8-16(19-3)9-5-14/h4-5,8-9,15,17H,1,6-7,10-12H2,2-3H3. The smallest absolute Gasteiger partial charge is 0.118 e. The summed E-state index contributed by atoms with van der Waals surface area (Å²) in [7, 11) is 3.82. The fourth-order valence-corrected chi connectivity index (χ4v) is 2.11. The van der Waals surface area contributed by atoms with E-state index in [-0.39, 0.29) is 0 Å². The summed E-state index contributed by atoms with van der Waals surface area (Å²) in [5.74, 6) is 0.907. The third-order valence-electron chi connectivity index (χ3n) is 3.32. The zero-order valence-corrected chi connectivity index (χ0v) is 12.0. The number of hydrogen-bond donors (Lipinski definition) is 1. The fourth-order valence-electron chi connectivity index (χ4n) is 2.11. The van der Waals surface area contributed by atoms with E-state index < -0.39 is 0 Å². The zero-order chi connectivity index (χ0) is 13.7. The summed E-state index contributed by atoms with van der Waals surface area (Å²) in [5, 5.41) is 3.50. The molecule has 0 bridgehead atoms. The van der Waals surface area contributed by atoms with Gasteiger partial charge in [-0.3, -0.25) is 4.90 Å². The van der Waals surface area contributed by atoms with Crippen LogP contribution in [-0.2, 0) is 6.54 Å². The molecule has 1 aromatic carbocycles. The minimum atomic E-state index is 0.753. The summed E-state index contributed by atoms with van der Waals surface area (Å²) < 4.78 is 5.16. The van der Waals surface area contributed by atoms with Gasteiger partial charge in [0.15, 0.2) is 0 Å². The summed E-state index contributed by atoms with van der Waals surface area (Å²) >= 11 is 0. The largest absolute Gasteiger partial charge is 0.497 e. The lowest BCUT2D eigenvalue weighted by Crippen LogP contribution is -2.26. The first-order valence-electron chi connectivity index (χ1n) is 6.89. The van der Waals surface area contributed by atoms with Gasteiger partial charge in [0.1, 0.15) is 5.75 Å². The quantitative estimate of drug-likeness (QED) is 0.727. The molecule has 3 heteroatoms. The summed E-state index contributed by atoms with van der Waals surface area (Å²) in [5.41, 5.74) is 2.55. The molecule has 19 heavy (non-hydrogen) atoms. The molecule has 0 atom stereocenters. The maximum atomic E-state index is 5.16. The molecule has 0 radical (unpaired) electrons. The Labute approximate surface area is 116 Å². The van der Waals surface area contributed by atoms with Gasteiger partial charge >= 0.3 is 0 Å².